The Bertz CT molecular complexity index is 972. The van der Waals surface area contributed by atoms with Crippen molar-refractivity contribution in [2.75, 3.05) is 29.9 Å². The Morgan fingerprint density at radius 3 is 2.53 bits per heavy atom. The molecule has 36 heavy (non-hydrogen) atoms. The molecule has 2 heterocycles. The van der Waals surface area contributed by atoms with Gasteiger partial charge in [-0.2, -0.15) is 0 Å². The molecule has 1 aromatic carbocycles. The van der Waals surface area contributed by atoms with Gasteiger partial charge in [0.05, 0.1) is 24.1 Å². The Kier molecular flexibility index (Phi) is 10.0. The topological polar surface area (TPSA) is 65.8 Å². The zero-order chi connectivity index (χ0) is 26.1. The van der Waals surface area contributed by atoms with E-state index < -0.39 is 0 Å². The predicted molar refractivity (Wildman–Crippen MR) is 147 cm³/mol. The summed E-state index contributed by atoms with van der Waals surface area (Å²) in [6.07, 6.45) is 8.46. The minimum atomic E-state index is -0.00528. The zero-order valence-corrected chi connectivity index (χ0v) is 22.9. The Hall–Kier alpha value is -2.76. The van der Waals surface area contributed by atoms with Gasteiger partial charge in [-0.25, -0.2) is 0 Å². The first-order valence-electron chi connectivity index (χ1n) is 13.7. The van der Waals surface area contributed by atoms with Gasteiger partial charge in [0, 0.05) is 31.7 Å². The number of nitrogens with zero attached hydrogens (tertiary/aromatic N) is 2. The van der Waals surface area contributed by atoms with Crippen molar-refractivity contribution in [3.63, 3.8) is 0 Å². The third-order valence-electron chi connectivity index (χ3n) is 6.70. The van der Waals surface area contributed by atoms with Gasteiger partial charge in [-0.3, -0.25) is 9.59 Å². The Morgan fingerprint density at radius 1 is 1.14 bits per heavy atom. The third kappa shape index (κ3) is 8.42. The monoisotopic (exact) mass is 495 g/mol. The molecule has 6 heteroatoms. The highest BCUT2D eigenvalue weighted by Gasteiger charge is 2.25. The summed E-state index contributed by atoms with van der Waals surface area (Å²) in [6.45, 7) is 13.9. The van der Waals surface area contributed by atoms with E-state index in [0.29, 0.717) is 24.2 Å². The van der Waals surface area contributed by atoms with Crippen LogP contribution in [-0.2, 0) is 11.3 Å². The average Bonchev–Trinajstić information content (AvgIpc) is 3.33. The third-order valence-corrected chi connectivity index (χ3v) is 6.70. The van der Waals surface area contributed by atoms with Gasteiger partial charge in [-0.05, 0) is 73.8 Å². The quantitative estimate of drug-likeness (QED) is 0.361. The van der Waals surface area contributed by atoms with Crippen molar-refractivity contribution >= 4 is 23.2 Å². The van der Waals surface area contributed by atoms with Crippen LogP contribution in [0.5, 0.6) is 0 Å². The average molecular weight is 496 g/mol. The van der Waals surface area contributed by atoms with Crippen LogP contribution < -0.4 is 10.2 Å². The lowest BCUT2D eigenvalue weighted by Crippen LogP contribution is -2.37. The number of benzene rings is 1. The summed E-state index contributed by atoms with van der Waals surface area (Å²) in [5.74, 6) is 1.20. The molecule has 1 fully saturated rings. The van der Waals surface area contributed by atoms with Crippen molar-refractivity contribution in [1.29, 1.82) is 0 Å². The number of piperidine rings is 1. The van der Waals surface area contributed by atoms with Gasteiger partial charge in [-0.1, -0.05) is 41.0 Å². The number of hydrogen-bond donors (Lipinski definition) is 1. The molecule has 198 valence electrons. The van der Waals surface area contributed by atoms with Crippen molar-refractivity contribution in [3.8, 4) is 0 Å². The largest absolute Gasteiger partial charge is 0.467 e. The highest BCUT2D eigenvalue weighted by molar-refractivity contribution is 6.02. The fourth-order valence-electron chi connectivity index (χ4n) is 5.20. The molecule has 1 unspecified atom stereocenters. The number of anilines is 2. The fourth-order valence-corrected chi connectivity index (χ4v) is 5.20. The number of unbranched alkanes of at least 4 members (excludes halogenated alkanes) is 1. The molecule has 1 atom stereocenters. The van der Waals surface area contributed by atoms with Gasteiger partial charge in [-0.15, -0.1) is 0 Å². The van der Waals surface area contributed by atoms with E-state index in [4.69, 9.17) is 4.42 Å². The molecule has 1 saturated heterocycles. The summed E-state index contributed by atoms with van der Waals surface area (Å²) in [6, 6.07) is 9.66. The molecule has 0 spiro atoms. The molecular weight excluding hydrogens is 450 g/mol. The van der Waals surface area contributed by atoms with Crippen LogP contribution in [0, 0.1) is 11.3 Å². The number of amides is 2. The van der Waals surface area contributed by atoms with Gasteiger partial charge in [0.2, 0.25) is 5.91 Å². The highest BCUT2D eigenvalue weighted by Crippen LogP contribution is 2.30. The molecule has 2 amide bonds. The Labute approximate surface area is 217 Å². The van der Waals surface area contributed by atoms with Crippen molar-refractivity contribution in [2.45, 2.75) is 86.1 Å². The fraction of sp³-hybridized carbons (Fsp3) is 0.600. The molecule has 1 aromatic heterocycles. The summed E-state index contributed by atoms with van der Waals surface area (Å²) in [7, 11) is 0. The summed E-state index contributed by atoms with van der Waals surface area (Å²) in [5, 5.41) is 3.06. The lowest BCUT2D eigenvalue weighted by molar-refractivity contribution is -0.117. The molecule has 6 nitrogen and oxygen atoms in total. The second-order valence-corrected chi connectivity index (χ2v) is 11.6. The SMILES string of the molecule is CCCCN(Cc1ccco1)c1ccc(NC(=O)CC(C)CC(C)(C)C)cc1C(=O)N1CCCCC1. The van der Waals surface area contributed by atoms with Gasteiger partial charge in [0.1, 0.15) is 5.76 Å². The summed E-state index contributed by atoms with van der Waals surface area (Å²) in [5.41, 5.74) is 2.42. The smallest absolute Gasteiger partial charge is 0.256 e. The zero-order valence-electron chi connectivity index (χ0n) is 22.9. The van der Waals surface area contributed by atoms with E-state index in [1.807, 2.05) is 35.2 Å². The normalized spacial score (nSPS) is 15.0. The van der Waals surface area contributed by atoms with Crippen molar-refractivity contribution in [3.05, 3.63) is 47.9 Å². The summed E-state index contributed by atoms with van der Waals surface area (Å²) < 4.78 is 5.64. The number of furan rings is 1. The first kappa shape index (κ1) is 27.8. The summed E-state index contributed by atoms with van der Waals surface area (Å²) in [4.78, 5) is 30.8. The minimum absolute atomic E-state index is 0.00528. The molecule has 1 aliphatic rings. The molecule has 0 bridgehead atoms. The van der Waals surface area contributed by atoms with E-state index >= 15 is 0 Å². The van der Waals surface area contributed by atoms with Crippen LogP contribution in [0.4, 0.5) is 11.4 Å². The van der Waals surface area contributed by atoms with Gasteiger partial charge in [0.25, 0.3) is 5.91 Å². The van der Waals surface area contributed by atoms with Gasteiger partial charge in [0.15, 0.2) is 0 Å². The molecule has 3 rings (SSSR count). The van der Waals surface area contributed by atoms with Gasteiger partial charge >= 0.3 is 0 Å². The second kappa shape index (κ2) is 13.0. The van der Waals surface area contributed by atoms with Crippen LogP contribution >= 0.6 is 0 Å². The maximum Gasteiger partial charge on any atom is 0.256 e. The highest BCUT2D eigenvalue weighted by atomic mass is 16.3. The van der Waals surface area contributed by atoms with E-state index in [1.54, 1.807) is 6.26 Å². The number of nitrogens with one attached hydrogen (secondary N) is 1. The van der Waals surface area contributed by atoms with Gasteiger partial charge < -0.3 is 19.5 Å². The first-order chi connectivity index (χ1) is 17.2. The van der Waals surface area contributed by atoms with Crippen LogP contribution in [0.1, 0.15) is 95.7 Å². The predicted octanol–water partition coefficient (Wildman–Crippen LogP) is 7.11. The van der Waals surface area contributed by atoms with E-state index in [0.717, 1.165) is 63.2 Å². The van der Waals surface area contributed by atoms with Crippen molar-refractivity contribution in [2.24, 2.45) is 11.3 Å². The van der Waals surface area contributed by atoms with E-state index in [1.165, 1.54) is 6.42 Å². The standard InChI is InChI=1S/C30H45N3O3/c1-6-7-15-33(22-25-12-11-18-36-25)27-14-13-24(31-28(34)19-23(2)21-30(3,4)5)20-26(27)29(35)32-16-9-8-10-17-32/h11-14,18,20,23H,6-10,15-17,19,21-22H2,1-5H3,(H,31,34). The molecule has 0 aliphatic carbocycles. The maximum absolute atomic E-state index is 13.7. The number of carbonyl (C=O) groups excluding carboxylic acids is 2. The molecule has 1 aliphatic heterocycles. The molecule has 0 saturated carbocycles. The molecule has 2 aromatic rings. The van der Waals surface area contributed by atoms with E-state index in [9.17, 15) is 9.59 Å². The maximum atomic E-state index is 13.7. The Morgan fingerprint density at radius 2 is 1.89 bits per heavy atom. The Balaban J connectivity index is 1.87. The lowest BCUT2D eigenvalue weighted by Gasteiger charge is -2.31. The number of hydrogen-bond acceptors (Lipinski definition) is 4. The van der Waals surface area contributed by atoms with Crippen molar-refractivity contribution < 1.29 is 14.0 Å². The number of rotatable bonds is 11. The first-order valence-corrected chi connectivity index (χ1v) is 13.7. The lowest BCUT2D eigenvalue weighted by atomic mass is 9.84. The van der Waals surface area contributed by atoms with Crippen LogP contribution in [0.3, 0.4) is 0 Å². The summed E-state index contributed by atoms with van der Waals surface area (Å²) >= 11 is 0. The van der Waals surface area contributed by atoms with Crippen LogP contribution in [-0.4, -0.2) is 36.3 Å². The second-order valence-electron chi connectivity index (χ2n) is 11.6. The van der Waals surface area contributed by atoms with Crippen LogP contribution in [0.2, 0.25) is 0 Å². The molecule has 0 radical (unpaired) electrons. The molecule has 1 N–H and O–H groups in total. The number of likely N-dealkylation sites (tertiary alicyclic amines) is 1. The minimum Gasteiger partial charge on any atom is -0.467 e. The van der Waals surface area contributed by atoms with E-state index in [-0.39, 0.29) is 23.1 Å². The number of carbonyl (C=O) groups is 2. The van der Waals surface area contributed by atoms with Crippen molar-refractivity contribution in [1.82, 2.24) is 4.90 Å². The van der Waals surface area contributed by atoms with Crippen LogP contribution in [0.15, 0.2) is 41.0 Å². The van der Waals surface area contributed by atoms with E-state index in [2.05, 4.69) is 44.8 Å². The van der Waals surface area contributed by atoms with Crippen LogP contribution in [0.25, 0.3) is 0 Å². The molecular formula is C30H45N3O3.